The van der Waals surface area contributed by atoms with Gasteiger partial charge in [0.1, 0.15) is 0 Å². The average molecular weight is 324 g/mol. The minimum absolute atomic E-state index is 0.106. The van der Waals surface area contributed by atoms with Crippen molar-refractivity contribution in [2.24, 2.45) is 17.8 Å². The lowest BCUT2D eigenvalue weighted by Crippen LogP contribution is -2.28. The molecule has 104 valence electrons. The van der Waals surface area contributed by atoms with Crippen molar-refractivity contribution < 1.29 is 5.11 Å². The highest BCUT2D eigenvalue weighted by Gasteiger charge is 2.39. The lowest BCUT2D eigenvalue weighted by atomic mass is 9.88. The van der Waals surface area contributed by atoms with E-state index in [4.69, 9.17) is 5.11 Å². The zero-order chi connectivity index (χ0) is 13.4. The van der Waals surface area contributed by atoms with Gasteiger partial charge in [-0.05, 0) is 70.6 Å². The van der Waals surface area contributed by atoms with Gasteiger partial charge in [0.05, 0.1) is 12.3 Å². The third-order valence-electron chi connectivity index (χ3n) is 5.00. The number of anilines is 1. The number of halogens is 1. The van der Waals surface area contributed by atoms with Gasteiger partial charge in [-0.2, -0.15) is 0 Å². The molecular weight excluding hydrogens is 302 g/mol. The van der Waals surface area contributed by atoms with Gasteiger partial charge < -0.3 is 10.0 Å². The molecule has 2 nitrogen and oxygen atoms in total. The summed E-state index contributed by atoms with van der Waals surface area (Å²) in [6, 6.07) is 6.15. The Hall–Kier alpha value is -0.540. The second kappa shape index (κ2) is 5.45. The molecule has 3 heteroatoms. The first-order valence-corrected chi connectivity index (χ1v) is 8.07. The van der Waals surface area contributed by atoms with E-state index in [1.54, 1.807) is 0 Å². The van der Waals surface area contributed by atoms with Gasteiger partial charge in [-0.3, -0.25) is 0 Å². The molecule has 2 aliphatic carbocycles. The van der Waals surface area contributed by atoms with Crippen molar-refractivity contribution in [2.45, 2.75) is 32.3 Å². The molecule has 3 rings (SSSR count). The van der Waals surface area contributed by atoms with Crippen molar-refractivity contribution in [3.05, 3.63) is 28.2 Å². The number of hydrogen-bond donors (Lipinski definition) is 1. The molecule has 3 unspecified atom stereocenters. The predicted molar refractivity (Wildman–Crippen MR) is 82.3 cm³/mol. The minimum Gasteiger partial charge on any atom is -0.392 e. The summed E-state index contributed by atoms with van der Waals surface area (Å²) in [7, 11) is 2.19. The number of aliphatic hydroxyl groups excluding tert-OH is 1. The standard InChI is InChI=1S/C16H22BrNO/c1-18(9-14-7-11-2-4-13(14)6-11)16-5-3-12(10-19)8-15(16)17/h3,5,8,11,13-14,19H,2,4,6-7,9-10H2,1H3. The van der Waals surface area contributed by atoms with Crippen LogP contribution in [0, 0.1) is 17.8 Å². The lowest BCUT2D eigenvalue weighted by molar-refractivity contribution is 0.282. The van der Waals surface area contributed by atoms with Crippen molar-refractivity contribution >= 4 is 21.6 Å². The number of rotatable bonds is 4. The first-order valence-electron chi connectivity index (χ1n) is 7.27. The molecule has 0 heterocycles. The molecule has 0 radical (unpaired) electrons. The Balaban J connectivity index is 1.68. The first-order chi connectivity index (χ1) is 9.17. The molecular formula is C16H22BrNO. The van der Waals surface area contributed by atoms with Gasteiger partial charge in [0.2, 0.25) is 0 Å². The Morgan fingerprint density at radius 3 is 2.74 bits per heavy atom. The molecule has 2 fully saturated rings. The Kier molecular flexibility index (Phi) is 3.86. The second-order valence-corrected chi connectivity index (χ2v) is 7.11. The molecule has 19 heavy (non-hydrogen) atoms. The molecule has 2 aliphatic rings. The van der Waals surface area contributed by atoms with Crippen molar-refractivity contribution in [1.82, 2.24) is 0 Å². The fourth-order valence-electron chi connectivity index (χ4n) is 4.01. The van der Waals surface area contributed by atoms with E-state index in [1.165, 1.54) is 31.4 Å². The molecule has 0 spiro atoms. The van der Waals surface area contributed by atoms with Crippen LogP contribution >= 0.6 is 15.9 Å². The average Bonchev–Trinajstić information content (AvgIpc) is 3.00. The van der Waals surface area contributed by atoms with E-state index in [-0.39, 0.29) is 6.61 Å². The number of benzene rings is 1. The number of hydrogen-bond acceptors (Lipinski definition) is 2. The topological polar surface area (TPSA) is 23.5 Å². The zero-order valence-electron chi connectivity index (χ0n) is 11.5. The van der Waals surface area contributed by atoms with Gasteiger partial charge in [-0.15, -0.1) is 0 Å². The van der Waals surface area contributed by atoms with E-state index in [0.717, 1.165) is 34.3 Å². The first kappa shape index (κ1) is 13.4. The molecule has 1 aromatic rings. The lowest BCUT2D eigenvalue weighted by Gasteiger charge is -2.29. The summed E-state index contributed by atoms with van der Waals surface area (Å²) in [6.07, 6.45) is 5.83. The van der Waals surface area contributed by atoms with Gasteiger partial charge in [0.25, 0.3) is 0 Å². The fraction of sp³-hybridized carbons (Fsp3) is 0.625. The maximum Gasteiger partial charge on any atom is 0.0682 e. The van der Waals surface area contributed by atoms with Crippen molar-refractivity contribution in [2.75, 3.05) is 18.5 Å². The van der Waals surface area contributed by atoms with Crippen LogP contribution in [0.15, 0.2) is 22.7 Å². The van der Waals surface area contributed by atoms with E-state index >= 15 is 0 Å². The maximum absolute atomic E-state index is 9.16. The monoisotopic (exact) mass is 323 g/mol. The molecule has 0 aromatic heterocycles. The molecule has 2 bridgehead atoms. The van der Waals surface area contributed by atoms with Gasteiger partial charge >= 0.3 is 0 Å². The van der Waals surface area contributed by atoms with Crippen LogP contribution in [0.3, 0.4) is 0 Å². The largest absolute Gasteiger partial charge is 0.392 e. The van der Waals surface area contributed by atoms with Gasteiger partial charge in [0, 0.05) is 18.1 Å². The van der Waals surface area contributed by atoms with Gasteiger partial charge in [0.15, 0.2) is 0 Å². The zero-order valence-corrected chi connectivity index (χ0v) is 13.1. The summed E-state index contributed by atoms with van der Waals surface area (Å²) in [5.41, 5.74) is 2.20. The van der Waals surface area contributed by atoms with E-state index in [2.05, 4.69) is 33.9 Å². The summed E-state index contributed by atoms with van der Waals surface area (Å²) < 4.78 is 1.09. The molecule has 0 aliphatic heterocycles. The summed E-state index contributed by atoms with van der Waals surface area (Å²) in [5, 5.41) is 9.16. The van der Waals surface area contributed by atoms with Crippen LogP contribution in [0.25, 0.3) is 0 Å². The van der Waals surface area contributed by atoms with Crippen LogP contribution < -0.4 is 4.90 Å². The van der Waals surface area contributed by atoms with Crippen LogP contribution in [0.4, 0.5) is 5.69 Å². The summed E-state index contributed by atoms with van der Waals surface area (Å²) in [5.74, 6) is 2.87. The quantitative estimate of drug-likeness (QED) is 0.910. The summed E-state index contributed by atoms with van der Waals surface area (Å²) in [4.78, 5) is 2.37. The SMILES string of the molecule is CN(CC1CC2CCC1C2)c1ccc(CO)cc1Br. The highest BCUT2D eigenvalue weighted by atomic mass is 79.9. The normalized spacial score (nSPS) is 28.9. The number of aliphatic hydroxyl groups is 1. The second-order valence-electron chi connectivity index (χ2n) is 6.26. The molecule has 0 saturated heterocycles. The minimum atomic E-state index is 0.106. The van der Waals surface area contributed by atoms with Gasteiger partial charge in [-0.25, -0.2) is 0 Å². The Bertz CT molecular complexity index is 462. The smallest absolute Gasteiger partial charge is 0.0682 e. The Morgan fingerprint density at radius 1 is 1.32 bits per heavy atom. The van der Waals surface area contributed by atoms with E-state index in [1.807, 2.05) is 12.1 Å². The van der Waals surface area contributed by atoms with Gasteiger partial charge in [-0.1, -0.05) is 12.5 Å². The molecule has 3 atom stereocenters. The molecule has 0 amide bonds. The highest BCUT2D eigenvalue weighted by Crippen LogP contribution is 2.48. The van der Waals surface area contributed by atoms with Crippen LogP contribution in [0.2, 0.25) is 0 Å². The molecule has 2 saturated carbocycles. The van der Waals surface area contributed by atoms with Crippen LogP contribution in [-0.2, 0) is 6.61 Å². The van der Waals surface area contributed by atoms with E-state index in [9.17, 15) is 0 Å². The van der Waals surface area contributed by atoms with Crippen molar-refractivity contribution in [1.29, 1.82) is 0 Å². The Morgan fingerprint density at radius 2 is 2.16 bits per heavy atom. The Labute approximate surface area is 123 Å². The third kappa shape index (κ3) is 2.68. The summed E-state index contributed by atoms with van der Waals surface area (Å²) in [6.45, 7) is 1.27. The number of fused-ring (bicyclic) bond motifs is 2. The van der Waals surface area contributed by atoms with Crippen LogP contribution in [0.5, 0.6) is 0 Å². The maximum atomic E-state index is 9.16. The van der Waals surface area contributed by atoms with E-state index < -0.39 is 0 Å². The fourth-order valence-corrected chi connectivity index (χ4v) is 4.74. The summed E-state index contributed by atoms with van der Waals surface area (Å²) >= 11 is 3.63. The molecule has 1 N–H and O–H groups in total. The highest BCUT2D eigenvalue weighted by molar-refractivity contribution is 9.10. The van der Waals surface area contributed by atoms with Crippen molar-refractivity contribution in [3.63, 3.8) is 0 Å². The third-order valence-corrected chi connectivity index (χ3v) is 5.63. The molecule has 1 aromatic carbocycles. The van der Waals surface area contributed by atoms with Crippen LogP contribution in [-0.4, -0.2) is 18.7 Å². The van der Waals surface area contributed by atoms with Crippen molar-refractivity contribution in [3.8, 4) is 0 Å². The van der Waals surface area contributed by atoms with E-state index in [0.29, 0.717) is 0 Å². The number of nitrogens with zero attached hydrogens (tertiary/aromatic N) is 1. The van der Waals surface area contributed by atoms with Crippen LogP contribution in [0.1, 0.15) is 31.2 Å². The predicted octanol–water partition coefficient (Wildman–Crippen LogP) is 3.81.